The van der Waals surface area contributed by atoms with E-state index in [9.17, 15) is 9.59 Å². The second-order valence-electron chi connectivity index (χ2n) is 4.42. The smallest absolute Gasteiger partial charge is 0.310 e. The fourth-order valence-electron chi connectivity index (χ4n) is 1.56. The monoisotopic (exact) mass is 248 g/mol. The maximum Gasteiger partial charge on any atom is 0.310 e. The van der Waals surface area contributed by atoms with Gasteiger partial charge < -0.3 is 15.8 Å². The van der Waals surface area contributed by atoms with Crippen LogP contribution in [0, 0.1) is 0 Å². The molecule has 0 saturated heterocycles. The van der Waals surface area contributed by atoms with E-state index in [0.29, 0.717) is 5.69 Å². The Balaban J connectivity index is 1.72. The number of nitrogen functional groups attached to an aromatic ring is 1. The van der Waals surface area contributed by atoms with Crippen molar-refractivity contribution in [1.82, 2.24) is 5.32 Å². The zero-order valence-corrected chi connectivity index (χ0v) is 10.0. The number of benzene rings is 1. The first-order valence-electron chi connectivity index (χ1n) is 5.93. The van der Waals surface area contributed by atoms with Crippen LogP contribution < -0.4 is 11.1 Å². The molecule has 0 bridgehead atoms. The predicted octanol–water partition coefficient (Wildman–Crippen LogP) is 0.633. The topological polar surface area (TPSA) is 81.4 Å². The molecule has 1 aromatic carbocycles. The molecule has 18 heavy (non-hydrogen) atoms. The number of hydrogen-bond acceptors (Lipinski definition) is 4. The molecular formula is C13H16N2O3. The molecule has 1 aliphatic rings. The van der Waals surface area contributed by atoms with Crippen molar-refractivity contribution in [2.45, 2.75) is 25.3 Å². The first kappa shape index (κ1) is 12.4. The van der Waals surface area contributed by atoms with Crippen LogP contribution in [-0.4, -0.2) is 24.5 Å². The Morgan fingerprint density at radius 1 is 1.39 bits per heavy atom. The van der Waals surface area contributed by atoms with Crippen LogP contribution in [0.25, 0.3) is 0 Å². The summed E-state index contributed by atoms with van der Waals surface area (Å²) in [6.45, 7) is -0.211. The summed E-state index contributed by atoms with van der Waals surface area (Å²) in [4.78, 5) is 22.8. The summed E-state index contributed by atoms with van der Waals surface area (Å²) in [5.41, 5.74) is 6.99. The summed E-state index contributed by atoms with van der Waals surface area (Å²) in [6, 6.07) is 7.31. The molecule has 1 fully saturated rings. The van der Waals surface area contributed by atoms with Crippen molar-refractivity contribution >= 4 is 17.6 Å². The first-order chi connectivity index (χ1) is 8.63. The van der Waals surface area contributed by atoms with Gasteiger partial charge in [0.25, 0.3) is 5.91 Å². The van der Waals surface area contributed by atoms with Crippen molar-refractivity contribution in [1.29, 1.82) is 0 Å². The van der Waals surface area contributed by atoms with Gasteiger partial charge in [0.1, 0.15) is 0 Å². The highest BCUT2D eigenvalue weighted by atomic mass is 16.5. The third-order valence-corrected chi connectivity index (χ3v) is 2.61. The SMILES string of the molecule is Nc1cccc(CC(=O)OCC(=O)NC2CC2)c1. The van der Waals surface area contributed by atoms with Crippen LogP contribution in [0.4, 0.5) is 5.69 Å². The van der Waals surface area contributed by atoms with E-state index in [0.717, 1.165) is 18.4 Å². The number of rotatable bonds is 5. The summed E-state index contributed by atoms with van der Waals surface area (Å²) in [5.74, 6) is -0.662. The second kappa shape index (κ2) is 5.53. The lowest BCUT2D eigenvalue weighted by atomic mass is 10.1. The number of nitrogens with two attached hydrogens (primary N) is 1. The molecule has 0 aliphatic heterocycles. The van der Waals surface area contributed by atoms with Crippen LogP contribution in [-0.2, 0) is 20.7 Å². The van der Waals surface area contributed by atoms with Gasteiger partial charge in [0.05, 0.1) is 6.42 Å². The number of nitrogens with one attached hydrogen (secondary N) is 1. The Morgan fingerprint density at radius 3 is 2.83 bits per heavy atom. The summed E-state index contributed by atoms with van der Waals surface area (Å²) in [5, 5.41) is 2.75. The predicted molar refractivity (Wildman–Crippen MR) is 66.7 cm³/mol. The largest absolute Gasteiger partial charge is 0.455 e. The number of amides is 1. The molecule has 1 aromatic rings. The van der Waals surface area contributed by atoms with Gasteiger partial charge >= 0.3 is 5.97 Å². The normalized spacial score (nSPS) is 14.0. The molecule has 96 valence electrons. The van der Waals surface area contributed by atoms with Gasteiger partial charge in [-0.05, 0) is 30.5 Å². The molecule has 5 nitrogen and oxygen atoms in total. The molecule has 2 rings (SSSR count). The van der Waals surface area contributed by atoms with E-state index < -0.39 is 5.97 Å². The van der Waals surface area contributed by atoms with Gasteiger partial charge in [-0.2, -0.15) is 0 Å². The van der Waals surface area contributed by atoms with E-state index in [-0.39, 0.29) is 25.0 Å². The van der Waals surface area contributed by atoms with Gasteiger partial charge in [-0.25, -0.2) is 0 Å². The van der Waals surface area contributed by atoms with Crippen molar-refractivity contribution in [3.8, 4) is 0 Å². The third-order valence-electron chi connectivity index (χ3n) is 2.61. The summed E-state index contributed by atoms with van der Waals surface area (Å²) < 4.78 is 4.88. The molecule has 1 aliphatic carbocycles. The highest BCUT2D eigenvalue weighted by Crippen LogP contribution is 2.18. The van der Waals surface area contributed by atoms with Crippen LogP contribution in [0.2, 0.25) is 0 Å². The van der Waals surface area contributed by atoms with Gasteiger partial charge in [0.2, 0.25) is 0 Å². The standard InChI is InChI=1S/C13H16N2O3/c14-10-3-1-2-9(6-10)7-13(17)18-8-12(16)15-11-4-5-11/h1-3,6,11H,4-5,7-8,14H2,(H,15,16). The van der Waals surface area contributed by atoms with Crippen molar-refractivity contribution in [3.63, 3.8) is 0 Å². The molecule has 5 heteroatoms. The van der Waals surface area contributed by atoms with Gasteiger partial charge in [0, 0.05) is 11.7 Å². The number of hydrogen-bond donors (Lipinski definition) is 2. The van der Waals surface area contributed by atoms with E-state index in [2.05, 4.69) is 5.32 Å². The number of ether oxygens (including phenoxy) is 1. The first-order valence-corrected chi connectivity index (χ1v) is 5.93. The Bertz CT molecular complexity index is 455. The second-order valence-corrected chi connectivity index (χ2v) is 4.42. The lowest BCUT2D eigenvalue weighted by Crippen LogP contribution is -2.30. The molecule has 0 radical (unpaired) electrons. The lowest BCUT2D eigenvalue weighted by Gasteiger charge is -2.06. The zero-order valence-electron chi connectivity index (χ0n) is 10.0. The minimum Gasteiger partial charge on any atom is -0.455 e. The zero-order chi connectivity index (χ0) is 13.0. The van der Waals surface area contributed by atoms with E-state index >= 15 is 0 Å². The third kappa shape index (κ3) is 4.08. The Hall–Kier alpha value is -2.04. The quantitative estimate of drug-likeness (QED) is 0.591. The molecular weight excluding hydrogens is 232 g/mol. The summed E-state index contributed by atoms with van der Waals surface area (Å²) >= 11 is 0. The van der Waals surface area contributed by atoms with Crippen molar-refractivity contribution < 1.29 is 14.3 Å². The minimum atomic E-state index is -0.424. The molecule has 0 unspecified atom stereocenters. The van der Waals surface area contributed by atoms with Crippen LogP contribution in [0.5, 0.6) is 0 Å². The van der Waals surface area contributed by atoms with Gasteiger partial charge in [-0.15, -0.1) is 0 Å². The highest BCUT2D eigenvalue weighted by Gasteiger charge is 2.23. The van der Waals surface area contributed by atoms with Crippen LogP contribution in [0.1, 0.15) is 18.4 Å². The van der Waals surface area contributed by atoms with Gasteiger partial charge in [-0.1, -0.05) is 12.1 Å². The maximum atomic E-state index is 11.5. The van der Waals surface area contributed by atoms with Crippen LogP contribution >= 0.6 is 0 Å². The summed E-state index contributed by atoms with van der Waals surface area (Å²) in [7, 11) is 0. The molecule has 0 spiro atoms. The molecule has 1 saturated carbocycles. The van der Waals surface area contributed by atoms with Crippen LogP contribution in [0.15, 0.2) is 24.3 Å². The highest BCUT2D eigenvalue weighted by molar-refractivity contribution is 5.81. The fraction of sp³-hybridized carbons (Fsp3) is 0.385. The minimum absolute atomic E-state index is 0.127. The van der Waals surface area contributed by atoms with E-state index in [1.54, 1.807) is 24.3 Å². The van der Waals surface area contributed by atoms with E-state index in [1.165, 1.54) is 0 Å². The lowest BCUT2D eigenvalue weighted by molar-refractivity contribution is -0.147. The Labute approximate surface area is 105 Å². The number of anilines is 1. The van der Waals surface area contributed by atoms with Crippen molar-refractivity contribution in [2.75, 3.05) is 12.3 Å². The molecule has 3 N–H and O–H groups in total. The number of carbonyl (C=O) groups excluding carboxylic acids is 2. The van der Waals surface area contributed by atoms with E-state index in [1.807, 2.05) is 0 Å². The molecule has 0 atom stereocenters. The molecule has 1 amide bonds. The maximum absolute atomic E-state index is 11.5. The van der Waals surface area contributed by atoms with Gasteiger partial charge in [0.15, 0.2) is 6.61 Å². The molecule has 0 aromatic heterocycles. The van der Waals surface area contributed by atoms with Crippen molar-refractivity contribution in [3.05, 3.63) is 29.8 Å². The van der Waals surface area contributed by atoms with Gasteiger partial charge in [-0.3, -0.25) is 9.59 Å². The molecule has 0 heterocycles. The van der Waals surface area contributed by atoms with E-state index in [4.69, 9.17) is 10.5 Å². The summed E-state index contributed by atoms with van der Waals surface area (Å²) in [6.07, 6.45) is 2.16. The number of carbonyl (C=O) groups is 2. The average Bonchev–Trinajstić information content (AvgIpc) is 3.10. The number of esters is 1. The van der Waals surface area contributed by atoms with Crippen LogP contribution in [0.3, 0.4) is 0 Å². The van der Waals surface area contributed by atoms with Crippen molar-refractivity contribution in [2.24, 2.45) is 0 Å². The fourth-order valence-corrected chi connectivity index (χ4v) is 1.56. The Kier molecular flexibility index (Phi) is 3.82. The Morgan fingerprint density at radius 2 is 2.17 bits per heavy atom. The average molecular weight is 248 g/mol.